The van der Waals surface area contributed by atoms with Crippen LogP contribution in [0, 0.1) is 12.8 Å². The maximum absolute atomic E-state index is 12.2. The number of methoxy groups -OCH3 is 1. The maximum Gasteiger partial charge on any atom is 0.410 e. The van der Waals surface area contributed by atoms with Gasteiger partial charge >= 0.3 is 12.1 Å². The Morgan fingerprint density at radius 2 is 1.85 bits per heavy atom. The van der Waals surface area contributed by atoms with Crippen LogP contribution in [0.25, 0.3) is 0 Å². The molecule has 0 spiro atoms. The second-order valence-corrected chi connectivity index (χ2v) is 7.69. The molecule has 0 N–H and O–H groups in total. The van der Waals surface area contributed by atoms with Crippen molar-refractivity contribution in [2.75, 3.05) is 26.8 Å². The molecule has 2 rings (SSSR count). The quantitative estimate of drug-likeness (QED) is 0.761. The topological polar surface area (TPSA) is 65.1 Å². The summed E-state index contributed by atoms with van der Waals surface area (Å²) >= 11 is 0. The van der Waals surface area contributed by atoms with E-state index in [-0.39, 0.29) is 18.0 Å². The van der Waals surface area contributed by atoms with E-state index < -0.39 is 5.60 Å². The molecule has 26 heavy (non-hydrogen) atoms. The lowest BCUT2D eigenvalue weighted by Gasteiger charge is -2.33. The van der Waals surface area contributed by atoms with Crippen LogP contribution in [0.3, 0.4) is 0 Å². The molecule has 6 heteroatoms. The van der Waals surface area contributed by atoms with Crippen molar-refractivity contribution in [2.45, 2.75) is 46.1 Å². The minimum atomic E-state index is -0.488. The summed E-state index contributed by atoms with van der Waals surface area (Å²) in [6.07, 6.45) is 1.31. The van der Waals surface area contributed by atoms with Crippen LogP contribution in [0.15, 0.2) is 18.2 Å². The number of carbonyl (C=O) groups excluding carboxylic acids is 2. The molecule has 0 unspecified atom stereocenters. The Balaban J connectivity index is 1.79. The van der Waals surface area contributed by atoms with Crippen LogP contribution in [0.4, 0.5) is 4.79 Å². The number of nitrogens with zero attached hydrogens (tertiary/aromatic N) is 1. The number of hydrogen-bond donors (Lipinski definition) is 0. The lowest BCUT2D eigenvalue weighted by atomic mass is 9.98. The number of amides is 1. The molecule has 1 saturated heterocycles. The zero-order valence-electron chi connectivity index (χ0n) is 16.3. The van der Waals surface area contributed by atoms with Crippen LogP contribution in [0.5, 0.6) is 5.75 Å². The van der Waals surface area contributed by atoms with Crippen molar-refractivity contribution < 1.29 is 23.8 Å². The molecule has 1 aliphatic rings. The Bertz CT molecular complexity index is 642. The van der Waals surface area contributed by atoms with Crippen molar-refractivity contribution in [1.29, 1.82) is 0 Å². The third-order valence-corrected chi connectivity index (χ3v) is 4.36. The average Bonchev–Trinajstić information content (AvgIpc) is 2.59. The van der Waals surface area contributed by atoms with E-state index in [0.717, 1.165) is 18.4 Å². The Hall–Kier alpha value is -2.24. The average molecular weight is 363 g/mol. The van der Waals surface area contributed by atoms with Crippen LogP contribution in [0.1, 0.15) is 49.5 Å². The predicted octanol–water partition coefficient (Wildman–Crippen LogP) is 3.81. The highest BCUT2D eigenvalue weighted by molar-refractivity contribution is 5.90. The Morgan fingerprint density at radius 1 is 1.19 bits per heavy atom. The molecular formula is C20H29NO5. The first-order valence-electron chi connectivity index (χ1n) is 8.99. The second kappa shape index (κ2) is 8.43. The fourth-order valence-corrected chi connectivity index (χ4v) is 2.83. The van der Waals surface area contributed by atoms with Crippen molar-refractivity contribution in [3.63, 3.8) is 0 Å². The third-order valence-electron chi connectivity index (χ3n) is 4.36. The highest BCUT2D eigenvalue weighted by atomic mass is 16.6. The number of benzene rings is 1. The van der Waals surface area contributed by atoms with Crippen molar-refractivity contribution in [3.05, 3.63) is 29.3 Å². The fraction of sp³-hybridized carbons (Fsp3) is 0.600. The van der Waals surface area contributed by atoms with Crippen molar-refractivity contribution in [3.8, 4) is 5.75 Å². The highest BCUT2D eigenvalue weighted by Crippen LogP contribution is 2.22. The van der Waals surface area contributed by atoms with Gasteiger partial charge in [0, 0.05) is 13.1 Å². The molecule has 6 nitrogen and oxygen atoms in total. The predicted molar refractivity (Wildman–Crippen MR) is 98.5 cm³/mol. The van der Waals surface area contributed by atoms with Gasteiger partial charge in [0.1, 0.15) is 11.4 Å². The van der Waals surface area contributed by atoms with Gasteiger partial charge in [0.05, 0.1) is 19.3 Å². The van der Waals surface area contributed by atoms with E-state index in [1.54, 1.807) is 24.1 Å². The minimum absolute atomic E-state index is 0.255. The number of piperidine rings is 1. The van der Waals surface area contributed by atoms with E-state index in [0.29, 0.717) is 31.0 Å². The number of esters is 1. The van der Waals surface area contributed by atoms with Gasteiger partial charge in [-0.15, -0.1) is 0 Å². The number of rotatable bonds is 4. The first-order chi connectivity index (χ1) is 12.2. The van der Waals surface area contributed by atoms with Gasteiger partial charge in [-0.05, 0) is 64.2 Å². The summed E-state index contributed by atoms with van der Waals surface area (Å²) in [5.74, 6) is 0.577. The fourth-order valence-electron chi connectivity index (χ4n) is 2.83. The summed E-state index contributed by atoms with van der Waals surface area (Å²) in [5, 5.41) is 0. The van der Waals surface area contributed by atoms with Gasteiger partial charge in [-0.2, -0.15) is 0 Å². The van der Waals surface area contributed by atoms with Gasteiger partial charge in [0.25, 0.3) is 0 Å². The number of likely N-dealkylation sites (tertiary alicyclic amines) is 1. The lowest BCUT2D eigenvalue weighted by Crippen LogP contribution is -2.42. The minimum Gasteiger partial charge on any atom is -0.496 e. The standard InChI is InChI=1S/C20H29NO5/c1-14-6-7-16(12-17(14)24-5)18(22)25-13-15-8-10-21(11-9-15)19(23)26-20(2,3)4/h6-7,12,15H,8-11,13H2,1-5H3. The zero-order chi connectivity index (χ0) is 19.3. The largest absolute Gasteiger partial charge is 0.496 e. The SMILES string of the molecule is COc1cc(C(=O)OCC2CCN(C(=O)OC(C)(C)C)CC2)ccc1C. The van der Waals surface area contributed by atoms with Crippen LogP contribution in [-0.2, 0) is 9.47 Å². The summed E-state index contributed by atoms with van der Waals surface area (Å²) in [6, 6.07) is 5.28. The van der Waals surface area contributed by atoms with E-state index in [2.05, 4.69) is 0 Å². The summed E-state index contributed by atoms with van der Waals surface area (Å²) < 4.78 is 16.1. The number of carbonyl (C=O) groups is 2. The van der Waals surface area contributed by atoms with Crippen molar-refractivity contribution in [1.82, 2.24) is 4.90 Å². The first kappa shape index (κ1) is 20.1. The molecule has 0 aliphatic carbocycles. The second-order valence-electron chi connectivity index (χ2n) is 7.69. The number of hydrogen-bond acceptors (Lipinski definition) is 5. The molecule has 0 aromatic heterocycles. The maximum atomic E-state index is 12.2. The smallest absolute Gasteiger partial charge is 0.410 e. The van der Waals surface area contributed by atoms with E-state index >= 15 is 0 Å². The van der Waals surface area contributed by atoms with Crippen LogP contribution >= 0.6 is 0 Å². The molecule has 1 aliphatic heterocycles. The van der Waals surface area contributed by atoms with Gasteiger partial charge in [0.2, 0.25) is 0 Å². The molecule has 1 aromatic carbocycles. The molecule has 0 bridgehead atoms. The summed E-state index contributed by atoms with van der Waals surface area (Å²) in [7, 11) is 1.58. The molecule has 1 heterocycles. The Morgan fingerprint density at radius 3 is 2.42 bits per heavy atom. The van der Waals surface area contributed by atoms with Gasteiger partial charge in [-0.3, -0.25) is 0 Å². The van der Waals surface area contributed by atoms with Crippen molar-refractivity contribution in [2.24, 2.45) is 5.92 Å². The van der Waals surface area contributed by atoms with Crippen LogP contribution in [-0.4, -0.2) is 49.4 Å². The van der Waals surface area contributed by atoms with Gasteiger partial charge in [0.15, 0.2) is 0 Å². The van der Waals surface area contributed by atoms with Crippen LogP contribution < -0.4 is 4.74 Å². The molecule has 144 valence electrons. The van der Waals surface area contributed by atoms with Gasteiger partial charge < -0.3 is 19.1 Å². The molecule has 1 fully saturated rings. The molecule has 1 aromatic rings. The molecule has 1 amide bonds. The van der Waals surface area contributed by atoms with Gasteiger partial charge in [-0.25, -0.2) is 9.59 Å². The van der Waals surface area contributed by atoms with E-state index in [4.69, 9.17) is 14.2 Å². The monoisotopic (exact) mass is 363 g/mol. The van der Waals surface area contributed by atoms with E-state index in [9.17, 15) is 9.59 Å². The summed E-state index contributed by atoms with van der Waals surface area (Å²) in [6.45, 7) is 9.10. The molecule has 0 atom stereocenters. The van der Waals surface area contributed by atoms with Crippen LogP contribution in [0.2, 0.25) is 0 Å². The highest BCUT2D eigenvalue weighted by Gasteiger charge is 2.27. The third kappa shape index (κ3) is 5.64. The van der Waals surface area contributed by atoms with Gasteiger partial charge in [-0.1, -0.05) is 6.07 Å². The number of aryl methyl sites for hydroxylation is 1. The summed E-state index contributed by atoms with van der Waals surface area (Å²) in [4.78, 5) is 26.0. The number of ether oxygens (including phenoxy) is 3. The zero-order valence-corrected chi connectivity index (χ0v) is 16.3. The normalized spacial score (nSPS) is 15.5. The Labute approximate surface area is 155 Å². The van der Waals surface area contributed by atoms with Crippen molar-refractivity contribution >= 4 is 12.1 Å². The molecular weight excluding hydrogens is 334 g/mol. The Kier molecular flexibility index (Phi) is 6.51. The van der Waals surface area contributed by atoms with E-state index in [1.807, 2.05) is 33.8 Å². The summed E-state index contributed by atoms with van der Waals surface area (Å²) in [5.41, 5.74) is 0.968. The molecule has 0 radical (unpaired) electrons. The molecule has 0 saturated carbocycles. The first-order valence-corrected chi connectivity index (χ1v) is 8.99. The lowest BCUT2D eigenvalue weighted by molar-refractivity contribution is 0.0115. The van der Waals surface area contributed by atoms with E-state index in [1.165, 1.54) is 0 Å².